The van der Waals surface area contributed by atoms with E-state index >= 15 is 0 Å². The summed E-state index contributed by atoms with van der Waals surface area (Å²) in [6, 6.07) is 0.461. The van der Waals surface area contributed by atoms with Gasteiger partial charge >= 0.3 is 0 Å². The predicted molar refractivity (Wildman–Crippen MR) is 76.8 cm³/mol. The van der Waals surface area contributed by atoms with E-state index in [1.165, 1.54) is 0 Å². The van der Waals surface area contributed by atoms with Gasteiger partial charge in [0.2, 0.25) is 0 Å². The minimum atomic E-state index is 0.461. The van der Waals surface area contributed by atoms with E-state index < -0.39 is 0 Å². The molecule has 0 aliphatic heterocycles. The summed E-state index contributed by atoms with van der Waals surface area (Å²) in [6.45, 7) is 11.6. The van der Waals surface area contributed by atoms with Crippen LogP contribution in [0.2, 0.25) is 0 Å². The average Bonchev–Trinajstić information content (AvgIpc) is 2.37. The topological polar surface area (TPSA) is 41.1 Å². The van der Waals surface area contributed by atoms with Crippen LogP contribution in [0.25, 0.3) is 0 Å². The highest BCUT2D eigenvalue weighted by Crippen LogP contribution is 2.13. The Labute approximate surface area is 111 Å². The lowest BCUT2D eigenvalue weighted by Crippen LogP contribution is -2.32. The van der Waals surface area contributed by atoms with E-state index in [2.05, 4.69) is 47.9 Å². The molecular formula is C14H26N4. The lowest BCUT2D eigenvalue weighted by Gasteiger charge is -2.27. The number of nitrogens with one attached hydrogen (secondary N) is 1. The first-order valence-electron chi connectivity index (χ1n) is 6.97. The smallest absolute Gasteiger partial charge is 0.147 e. The Morgan fingerprint density at radius 3 is 2.44 bits per heavy atom. The molecule has 0 radical (unpaired) electrons. The molecule has 18 heavy (non-hydrogen) atoms. The highest BCUT2D eigenvalue weighted by molar-refractivity contribution is 5.36. The molecule has 0 spiro atoms. The van der Waals surface area contributed by atoms with Crippen LogP contribution in [0.4, 0.5) is 5.82 Å². The van der Waals surface area contributed by atoms with E-state index in [-0.39, 0.29) is 0 Å². The van der Waals surface area contributed by atoms with E-state index in [0.29, 0.717) is 6.04 Å². The third-order valence-corrected chi connectivity index (χ3v) is 2.81. The van der Waals surface area contributed by atoms with Gasteiger partial charge in [-0.25, -0.2) is 4.98 Å². The maximum atomic E-state index is 4.52. The molecule has 1 rings (SSSR count). The standard InChI is InChI=1S/C14H26N4/c1-5-7-15-9-13-10-17-14(11-16-13)18(8-6-2)12(3)4/h10-12,15H,5-9H2,1-4H3. The molecular weight excluding hydrogens is 224 g/mol. The summed E-state index contributed by atoms with van der Waals surface area (Å²) in [5.41, 5.74) is 1.01. The lowest BCUT2D eigenvalue weighted by molar-refractivity contribution is 0.648. The molecule has 0 saturated carbocycles. The fraction of sp³-hybridized carbons (Fsp3) is 0.714. The van der Waals surface area contributed by atoms with Crippen molar-refractivity contribution in [1.29, 1.82) is 0 Å². The Kier molecular flexibility index (Phi) is 6.65. The average molecular weight is 250 g/mol. The number of hydrogen-bond acceptors (Lipinski definition) is 4. The minimum absolute atomic E-state index is 0.461. The van der Waals surface area contributed by atoms with Gasteiger partial charge in [-0.2, -0.15) is 0 Å². The largest absolute Gasteiger partial charge is 0.353 e. The quantitative estimate of drug-likeness (QED) is 0.720. The second kappa shape index (κ2) is 8.03. The van der Waals surface area contributed by atoms with Crippen LogP contribution in [0.1, 0.15) is 46.2 Å². The molecule has 0 aliphatic carbocycles. The Hall–Kier alpha value is -1.16. The Bertz CT molecular complexity index is 321. The Balaban J connectivity index is 2.62. The molecule has 0 aliphatic rings. The summed E-state index contributed by atoms with van der Waals surface area (Å²) in [5, 5.41) is 3.33. The summed E-state index contributed by atoms with van der Waals surface area (Å²) < 4.78 is 0. The maximum Gasteiger partial charge on any atom is 0.147 e. The molecule has 0 aromatic carbocycles. The van der Waals surface area contributed by atoms with Crippen molar-refractivity contribution in [3.63, 3.8) is 0 Å². The van der Waals surface area contributed by atoms with Crippen molar-refractivity contribution in [3.05, 3.63) is 18.1 Å². The van der Waals surface area contributed by atoms with E-state index in [4.69, 9.17) is 0 Å². The lowest BCUT2D eigenvalue weighted by atomic mass is 10.3. The van der Waals surface area contributed by atoms with Crippen molar-refractivity contribution in [2.24, 2.45) is 0 Å². The third kappa shape index (κ3) is 4.61. The van der Waals surface area contributed by atoms with E-state index in [1.807, 2.05) is 12.4 Å². The van der Waals surface area contributed by atoms with Gasteiger partial charge in [-0.1, -0.05) is 13.8 Å². The van der Waals surface area contributed by atoms with Crippen molar-refractivity contribution >= 4 is 5.82 Å². The molecule has 4 nitrogen and oxygen atoms in total. The van der Waals surface area contributed by atoms with Crippen molar-refractivity contribution in [1.82, 2.24) is 15.3 Å². The molecule has 0 saturated heterocycles. The number of anilines is 1. The SMILES string of the molecule is CCCNCc1cnc(N(CCC)C(C)C)cn1. The summed E-state index contributed by atoms with van der Waals surface area (Å²) in [7, 11) is 0. The first-order valence-corrected chi connectivity index (χ1v) is 6.97. The zero-order chi connectivity index (χ0) is 13.4. The van der Waals surface area contributed by atoms with Gasteiger partial charge in [-0.05, 0) is 33.2 Å². The summed E-state index contributed by atoms with van der Waals surface area (Å²) in [5.74, 6) is 0.978. The van der Waals surface area contributed by atoms with Crippen LogP contribution in [0.15, 0.2) is 12.4 Å². The minimum Gasteiger partial charge on any atom is -0.353 e. The molecule has 0 amide bonds. The van der Waals surface area contributed by atoms with Crippen LogP contribution < -0.4 is 10.2 Å². The van der Waals surface area contributed by atoms with Crippen LogP contribution in [0, 0.1) is 0 Å². The third-order valence-electron chi connectivity index (χ3n) is 2.81. The monoisotopic (exact) mass is 250 g/mol. The predicted octanol–water partition coefficient (Wildman–Crippen LogP) is 2.60. The summed E-state index contributed by atoms with van der Waals surface area (Å²) in [6.07, 6.45) is 6.03. The number of aromatic nitrogens is 2. The Morgan fingerprint density at radius 1 is 1.17 bits per heavy atom. The fourth-order valence-electron chi connectivity index (χ4n) is 1.86. The van der Waals surface area contributed by atoms with Crippen molar-refractivity contribution in [2.45, 2.75) is 53.1 Å². The molecule has 1 N–H and O–H groups in total. The van der Waals surface area contributed by atoms with Crippen LogP contribution in [-0.4, -0.2) is 29.1 Å². The van der Waals surface area contributed by atoms with E-state index in [1.54, 1.807) is 0 Å². The maximum absolute atomic E-state index is 4.52. The number of rotatable bonds is 8. The first kappa shape index (κ1) is 14.9. The van der Waals surface area contributed by atoms with Gasteiger partial charge < -0.3 is 10.2 Å². The molecule has 1 aromatic heterocycles. The summed E-state index contributed by atoms with van der Waals surface area (Å²) >= 11 is 0. The van der Waals surface area contributed by atoms with E-state index in [9.17, 15) is 0 Å². The zero-order valence-corrected chi connectivity index (χ0v) is 12.1. The van der Waals surface area contributed by atoms with Crippen LogP contribution in [0.3, 0.4) is 0 Å². The molecule has 102 valence electrons. The van der Waals surface area contributed by atoms with Crippen molar-refractivity contribution in [2.75, 3.05) is 18.0 Å². The van der Waals surface area contributed by atoms with Gasteiger partial charge in [-0.3, -0.25) is 4.98 Å². The van der Waals surface area contributed by atoms with Crippen LogP contribution >= 0.6 is 0 Å². The van der Waals surface area contributed by atoms with E-state index in [0.717, 1.165) is 44.0 Å². The molecule has 0 fully saturated rings. The van der Waals surface area contributed by atoms with Gasteiger partial charge in [0, 0.05) is 19.1 Å². The highest BCUT2D eigenvalue weighted by Gasteiger charge is 2.10. The number of hydrogen-bond donors (Lipinski definition) is 1. The molecule has 1 aromatic rings. The molecule has 1 heterocycles. The highest BCUT2D eigenvalue weighted by atomic mass is 15.2. The molecule has 0 atom stereocenters. The van der Waals surface area contributed by atoms with Gasteiger partial charge in [0.15, 0.2) is 0 Å². The van der Waals surface area contributed by atoms with Gasteiger partial charge in [-0.15, -0.1) is 0 Å². The number of nitrogens with zero attached hydrogens (tertiary/aromatic N) is 3. The second-order valence-electron chi connectivity index (χ2n) is 4.83. The second-order valence-corrected chi connectivity index (χ2v) is 4.83. The van der Waals surface area contributed by atoms with Gasteiger partial charge in [0.05, 0.1) is 18.1 Å². The zero-order valence-electron chi connectivity index (χ0n) is 12.1. The molecule has 4 heteroatoms. The normalized spacial score (nSPS) is 10.9. The van der Waals surface area contributed by atoms with Crippen molar-refractivity contribution in [3.8, 4) is 0 Å². The van der Waals surface area contributed by atoms with Gasteiger partial charge in [0.1, 0.15) is 5.82 Å². The molecule has 0 bridgehead atoms. The fourth-order valence-corrected chi connectivity index (χ4v) is 1.86. The molecule has 0 unspecified atom stereocenters. The van der Waals surface area contributed by atoms with Crippen molar-refractivity contribution < 1.29 is 0 Å². The first-order chi connectivity index (χ1) is 8.69. The summed E-state index contributed by atoms with van der Waals surface area (Å²) in [4.78, 5) is 11.3. The van der Waals surface area contributed by atoms with Crippen LogP contribution in [0.5, 0.6) is 0 Å². The van der Waals surface area contributed by atoms with Crippen LogP contribution in [-0.2, 0) is 6.54 Å². The Morgan fingerprint density at radius 2 is 1.94 bits per heavy atom. The van der Waals surface area contributed by atoms with Gasteiger partial charge in [0.25, 0.3) is 0 Å².